The van der Waals surface area contributed by atoms with Crippen LogP contribution >= 0.6 is 0 Å². The Morgan fingerprint density at radius 2 is 1.16 bits per heavy atom. The number of benzene rings is 5. The van der Waals surface area contributed by atoms with E-state index in [1.54, 1.807) is 30.4 Å². The summed E-state index contributed by atoms with van der Waals surface area (Å²) in [4.78, 5) is 19.8. The molecule has 0 atom stereocenters. The molecular weight excluding hydrogens is 819 g/mol. The van der Waals surface area contributed by atoms with Gasteiger partial charge in [-0.15, -0.1) is 0 Å². The van der Waals surface area contributed by atoms with Crippen LogP contribution in [0.5, 0.6) is 0 Å². The molecule has 0 unspecified atom stereocenters. The smallest absolute Gasteiger partial charge is 0.227 e. The van der Waals surface area contributed by atoms with Crippen molar-refractivity contribution < 1.29 is 4.42 Å². The standard InChI is InChI=1S/C61H49N5O/c1-9-15-18-25-40(12-4)57-63-58(41(13-5)26-19-16-10-2)65-59(64-57)45(24-11-3)37-46(14-6)66-53-30-23-22-29-47(53)49-38-43(32-36-54(49)66)44-31-33-48-51(39-44)61(7,8)50-34-35-52-56(55(48)50)67-60(62-52)42-27-20-17-21-28-42/h9-39H,1-6H2,7-8H3/b18-15-,19-16-,40-25+,41-26+,45-24+,46-37+. The van der Waals surface area contributed by atoms with Crippen molar-refractivity contribution in [3.8, 4) is 33.7 Å². The van der Waals surface area contributed by atoms with Crippen molar-refractivity contribution in [2.75, 3.05) is 0 Å². The van der Waals surface area contributed by atoms with Crippen molar-refractivity contribution in [1.29, 1.82) is 0 Å². The van der Waals surface area contributed by atoms with Crippen LogP contribution in [-0.2, 0) is 5.41 Å². The molecule has 324 valence electrons. The van der Waals surface area contributed by atoms with Gasteiger partial charge >= 0.3 is 0 Å². The van der Waals surface area contributed by atoms with Gasteiger partial charge in [0.1, 0.15) is 5.52 Å². The minimum absolute atomic E-state index is 0.257. The van der Waals surface area contributed by atoms with Crippen molar-refractivity contribution in [1.82, 2.24) is 24.5 Å². The molecule has 6 nitrogen and oxygen atoms in total. The number of oxazole rings is 1. The number of allylic oxidation sites excluding steroid dienone is 18. The van der Waals surface area contributed by atoms with Crippen LogP contribution in [0.1, 0.15) is 42.4 Å². The molecule has 0 fully saturated rings. The maximum absolute atomic E-state index is 6.55. The predicted octanol–water partition coefficient (Wildman–Crippen LogP) is 15.7. The van der Waals surface area contributed by atoms with Crippen LogP contribution in [0.15, 0.2) is 232 Å². The van der Waals surface area contributed by atoms with Gasteiger partial charge in [0.15, 0.2) is 23.1 Å². The van der Waals surface area contributed by atoms with E-state index in [0.717, 1.165) is 60.9 Å². The second kappa shape index (κ2) is 18.4. The normalized spacial score (nSPS) is 13.9. The molecule has 0 amide bonds. The SMILES string of the molecule is C=C/C=C\C=C(/C=C)c1nc(/C(C=C)=C/C=C\C=C)nc(C(=C/C=C)/C=C(\C=C)n2c3ccccc3c3cc(-c4ccc5c(c4)C(C)(C)c4ccc6nc(-c7ccccc7)oc6c4-5)ccc32)n1. The quantitative estimate of drug-likeness (QED) is 0.0960. The van der Waals surface area contributed by atoms with Crippen molar-refractivity contribution in [3.63, 3.8) is 0 Å². The summed E-state index contributed by atoms with van der Waals surface area (Å²) in [6.45, 7) is 28.7. The number of fused-ring (bicyclic) bond motifs is 8. The lowest BCUT2D eigenvalue weighted by Crippen LogP contribution is -2.14. The van der Waals surface area contributed by atoms with Crippen molar-refractivity contribution in [2.45, 2.75) is 19.3 Å². The number of hydrogen-bond donors (Lipinski definition) is 0. The number of nitrogens with zero attached hydrogens (tertiary/aromatic N) is 5. The zero-order chi connectivity index (χ0) is 46.7. The lowest BCUT2D eigenvalue weighted by Gasteiger charge is -2.22. The molecule has 0 spiro atoms. The van der Waals surface area contributed by atoms with Gasteiger partial charge in [-0.1, -0.05) is 187 Å². The van der Waals surface area contributed by atoms with E-state index in [4.69, 9.17) is 24.4 Å². The molecule has 3 heterocycles. The van der Waals surface area contributed by atoms with Crippen molar-refractivity contribution in [2.24, 2.45) is 0 Å². The van der Waals surface area contributed by atoms with Gasteiger partial charge in [-0.05, 0) is 82.4 Å². The van der Waals surface area contributed by atoms with E-state index >= 15 is 0 Å². The highest BCUT2D eigenvalue weighted by Gasteiger charge is 2.38. The number of hydrogen-bond acceptors (Lipinski definition) is 5. The monoisotopic (exact) mass is 867 g/mol. The molecule has 0 radical (unpaired) electrons. The fourth-order valence-corrected chi connectivity index (χ4v) is 8.91. The van der Waals surface area contributed by atoms with E-state index < -0.39 is 0 Å². The van der Waals surface area contributed by atoms with Gasteiger partial charge in [0, 0.05) is 49.7 Å². The first kappa shape index (κ1) is 43.5. The highest BCUT2D eigenvalue weighted by molar-refractivity contribution is 6.12. The highest BCUT2D eigenvalue weighted by atomic mass is 16.3. The van der Waals surface area contributed by atoms with E-state index in [9.17, 15) is 0 Å². The van der Waals surface area contributed by atoms with E-state index in [0.29, 0.717) is 40.1 Å². The fraction of sp³-hybridized carbons (Fsp3) is 0.0492. The van der Waals surface area contributed by atoms with Crippen molar-refractivity contribution in [3.05, 3.63) is 256 Å². The lowest BCUT2D eigenvalue weighted by molar-refractivity contribution is 0.618. The second-order valence-corrected chi connectivity index (χ2v) is 16.5. The van der Waals surface area contributed by atoms with E-state index in [-0.39, 0.29) is 5.41 Å². The Bertz CT molecular complexity index is 3480. The molecule has 0 saturated heterocycles. The molecule has 0 saturated carbocycles. The first-order valence-electron chi connectivity index (χ1n) is 22.1. The molecule has 67 heavy (non-hydrogen) atoms. The second-order valence-electron chi connectivity index (χ2n) is 16.5. The zero-order valence-corrected chi connectivity index (χ0v) is 37.8. The predicted molar refractivity (Wildman–Crippen MR) is 283 cm³/mol. The summed E-state index contributed by atoms with van der Waals surface area (Å²) in [6.07, 6.45) is 25.6. The van der Waals surface area contributed by atoms with Crippen LogP contribution < -0.4 is 0 Å². The summed E-state index contributed by atoms with van der Waals surface area (Å²) in [6, 6.07) is 36.4. The maximum Gasteiger partial charge on any atom is 0.227 e. The fourth-order valence-electron chi connectivity index (χ4n) is 8.91. The molecule has 1 aliphatic carbocycles. The van der Waals surface area contributed by atoms with Gasteiger partial charge in [-0.25, -0.2) is 19.9 Å². The van der Waals surface area contributed by atoms with Crippen LogP contribution in [0.3, 0.4) is 0 Å². The Hall–Kier alpha value is -8.74. The third-order valence-corrected chi connectivity index (χ3v) is 12.2. The first-order chi connectivity index (χ1) is 32.7. The number of rotatable bonds is 15. The third kappa shape index (κ3) is 7.95. The molecule has 0 N–H and O–H groups in total. The molecule has 5 aromatic carbocycles. The largest absolute Gasteiger partial charge is 0.435 e. The Morgan fingerprint density at radius 1 is 0.537 bits per heavy atom. The zero-order valence-electron chi connectivity index (χ0n) is 37.8. The Labute approximate surface area is 391 Å². The Kier molecular flexibility index (Phi) is 11.9. The summed E-state index contributed by atoms with van der Waals surface area (Å²) >= 11 is 0. The van der Waals surface area contributed by atoms with Gasteiger partial charge in [-0.2, -0.15) is 0 Å². The van der Waals surface area contributed by atoms with Crippen LogP contribution in [0, 0.1) is 0 Å². The average Bonchev–Trinajstić information content (AvgIpc) is 4.01. The van der Waals surface area contributed by atoms with Gasteiger partial charge in [0.25, 0.3) is 0 Å². The molecule has 6 heteroatoms. The van der Waals surface area contributed by atoms with Crippen LogP contribution in [0.25, 0.3) is 89.0 Å². The molecule has 0 bridgehead atoms. The lowest BCUT2D eigenvalue weighted by atomic mass is 9.81. The number of para-hydroxylation sites is 1. The van der Waals surface area contributed by atoms with Crippen LogP contribution in [-0.4, -0.2) is 24.5 Å². The summed E-state index contributed by atoms with van der Waals surface area (Å²) in [7, 11) is 0. The summed E-state index contributed by atoms with van der Waals surface area (Å²) in [5.41, 5.74) is 14.4. The van der Waals surface area contributed by atoms with Crippen molar-refractivity contribution >= 4 is 55.3 Å². The Morgan fingerprint density at radius 3 is 1.82 bits per heavy atom. The van der Waals surface area contributed by atoms with Crippen LogP contribution in [0.2, 0.25) is 0 Å². The molecule has 3 aromatic heterocycles. The van der Waals surface area contributed by atoms with E-state index in [1.165, 1.54) is 16.7 Å². The summed E-state index contributed by atoms with van der Waals surface area (Å²) < 4.78 is 8.79. The highest BCUT2D eigenvalue weighted by Crippen LogP contribution is 2.52. The molecule has 1 aliphatic rings. The Balaban J connectivity index is 1.15. The van der Waals surface area contributed by atoms with Gasteiger partial charge < -0.3 is 8.98 Å². The minimum atomic E-state index is -0.257. The molecule has 8 aromatic rings. The van der Waals surface area contributed by atoms with E-state index in [1.807, 2.05) is 85.0 Å². The molecule has 0 aliphatic heterocycles. The molecule has 9 rings (SSSR count). The summed E-state index contributed by atoms with van der Waals surface area (Å²) in [5.74, 6) is 1.95. The topological polar surface area (TPSA) is 69.6 Å². The van der Waals surface area contributed by atoms with Gasteiger partial charge in [0.05, 0.1) is 11.0 Å². The summed E-state index contributed by atoms with van der Waals surface area (Å²) in [5, 5.41) is 2.23. The van der Waals surface area contributed by atoms with Gasteiger partial charge in [-0.3, -0.25) is 0 Å². The third-order valence-electron chi connectivity index (χ3n) is 12.2. The first-order valence-corrected chi connectivity index (χ1v) is 22.1. The average molecular weight is 868 g/mol. The maximum atomic E-state index is 6.55. The minimum Gasteiger partial charge on any atom is -0.435 e. The molecular formula is C61H49N5O. The van der Waals surface area contributed by atoms with Crippen LogP contribution in [0.4, 0.5) is 0 Å². The van der Waals surface area contributed by atoms with E-state index in [2.05, 4.69) is 131 Å². The van der Waals surface area contributed by atoms with Gasteiger partial charge in [0.2, 0.25) is 5.89 Å². The number of aromatic nitrogens is 5.